The minimum atomic E-state index is 0.246. The summed E-state index contributed by atoms with van der Waals surface area (Å²) in [7, 11) is 0. The average Bonchev–Trinajstić information content (AvgIpc) is 2.57. The Bertz CT molecular complexity index is 297. The maximum Gasteiger partial charge on any atom is 0.0643 e. The fourth-order valence-corrected chi connectivity index (χ4v) is 3.07. The molecule has 4 atom stereocenters. The molecule has 0 spiro atoms. The van der Waals surface area contributed by atoms with Crippen LogP contribution in [-0.2, 0) is 4.74 Å². The molecule has 0 N–H and O–H groups in total. The van der Waals surface area contributed by atoms with Gasteiger partial charge in [0, 0.05) is 0 Å². The van der Waals surface area contributed by atoms with Gasteiger partial charge >= 0.3 is 0 Å². The van der Waals surface area contributed by atoms with Crippen molar-refractivity contribution >= 4 is 0 Å². The molecule has 0 amide bonds. The first-order chi connectivity index (χ1) is 8.24. The highest BCUT2D eigenvalue weighted by atomic mass is 16.5. The van der Waals surface area contributed by atoms with Crippen LogP contribution < -0.4 is 0 Å². The van der Waals surface area contributed by atoms with Crippen LogP contribution in [0, 0.1) is 28.1 Å². The van der Waals surface area contributed by atoms with E-state index in [0.717, 1.165) is 0 Å². The van der Waals surface area contributed by atoms with Gasteiger partial charge in [0.25, 0.3) is 0 Å². The maximum atomic E-state index is 6.55. The Kier molecular flexibility index (Phi) is 4.53. The largest absolute Gasteiger partial charge is 0.374 e. The molecule has 0 bridgehead atoms. The molecule has 114 valence electrons. The van der Waals surface area contributed by atoms with E-state index in [9.17, 15) is 0 Å². The van der Waals surface area contributed by atoms with Crippen LogP contribution in [0.15, 0.2) is 0 Å². The number of rotatable bonds is 1. The zero-order valence-corrected chi connectivity index (χ0v) is 14.9. The van der Waals surface area contributed by atoms with Gasteiger partial charge < -0.3 is 4.74 Å². The monoisotopic (exact) mass is 268 g/mol. The molecule has 0 aromatic carbocycles. The molecule has 1 heteroatoms. The smallest absolute Gasteiger partial charge is 0.0643 e. The molecule has 1 fully saturated rings. The fourth-order valence-electron chi connectivity index (χ4n) is 3.07. The molecule has 19 heavy (non-hydrogen) atoms. The molecule has 1 rings (SSSR count). The van der Waals surface area contributed by atoms with Gasteiger partial charge in [0.2, 0.25) is 0 Å². The van der Waals surface area contributed by atoms with Gasteiger partial charge in [-0.25, -0.2) is 0 Å². The van der Waals surface area contributed by atoms with Crippen molar-refractivity contribution in [3.8, 4) is 0 Å². The minimum Gasteiger partial charge on any atom is -0.374 e. The van der Waals surface area contributed by atoms with Crippen LogP contribution in [-0.4, -0.2) is 12.2 Å². The summed E-state index contributed by atoms with van der Waals surface area (Å²) in [5.41, 5.74) is 0.876. The second-order valence-electron chi connectivity index (χ2n) is 9.82. The topological polar surface area (TPSA) is 9.23 Å². The van der Waals surface area contributed by atoms with E-state index in [1.807, 2.05) is 0 Å². The summed E-state index contributed by atoms with van der Waals surface area (Å²) in [6.45, 7) is 23.4. The van der Waals surface area contributed by atoms with Crippen LogP contribution in [0.1, 0.15) is 75.7 Å². The Hall–Kier alpha value is -0.0400. The van der Waals surface area contributed by atoms with Gasteiger partial charge in [0.1, 0.15) is 0 Å². The lowest BCUT2D eigenvalue weighted by Crippen LogP contribution is -2.38. The van der Waals surface area contributed by atoms with E-state index >= 15 is 0 Å². The number of hydrogen-bond donors (Lipinski definition) is 0. The first-order valence-corrected chi connectivity index (χ1v) is 7.90. The Labute approximate surface area is 121 Å². The molecular weight excluding hydrogens is 232 g/mol. The molecule has 0 aliphatic carbocycles. The number of hydrogen-bond acceptors (Lipinski definition) is 1. The summed E-state index contributed by atoms with van der Waals surface area (Å²) >= 11 is 0. The van der Waals surface area contributed by atoms with E-state index in [4.69, 9.17) is 4.74 Å². The first kappa shape index (κ1) is 17.0. The van der Waals surface area contributed by atoms with Gasteiger partial charge in [0.05, 0.1) is 12.2 Å². The Morgan fingerprint density at radius 1 is 0.842 bits per heavy atom. The van der Waals surface area contributed by atoms with Gasteiger partial charge in [0.15, 0.2) is 0 Å². The molecule has 1 heterocycles. The molecule has 1 unspecified atom stereocenters. The third-order valence-electron chi connectivity index (χ3n) is 5.12. The zero-order valence-electron chi connectivity index (χ0n) is 14.9. The van der Waals surface area contributed by atoms with Crippen LogP contribution in [0.25, 0.3) is 0 Å². The molecule has 1 saturated heterocycles. The maximum absolute atomic E-state index is 6.55. The lowest BCUT2D eigenvalue weighted by atomic mass is 9.67. The van der Waals surface area contributed by atoms with E-state index in [1.165, 1.54) is 6.42 Å². The lowest BCUT2D eigenvalue weighted by molar-refractivity contribution is -0.0719. The Morgan fingerprint density at radius 3 is 1.63 bits per heavy atom. The van der Waals surface area contributed by atoms with Crippen LogP contribution in [0.4, 0.5) is 0 Å². The third kappa shape index (κ3) is 3.97. The van der Waals surface area contributed by atoms with Crippen molar-refractivity contribution in [1.29, 1.82) is 0 Å². The second-order valence-corrected chi connectivity index (χ2v) is 9.82. The quantitative estimate of drug-likeness (QED) is 0.607. The normalized spacial score (nSPS) is 31.6. The Morgan fingerprint density at radius 2 is 1.32 bits per heavy atom. The van der Waals surface area contributed by atoms with Crippen molar-refractivity contribution in [3.63, 3.8) is 0 Å². The minimum absolute atomic E-state index is 0.246. The second kappa shape index (κ2) is 5.06. The van der Waals surface area contributed by atoms with Gasteiger partial charge in [-0.2, -0.15) is 0 Å². The third-order valence-corrected chi connectivity index (χ3v) is 5.12. The summed E-state index contributed by atoms with van der Waals surface area (Å²) in [4.78, 5) is 0. The van der Waals surface area contributed by atoms with Crippen LogP contribution >= 0.6 is 0 Å². The zero-order chi connectivity index (χ0) is 15.2. The van der Waals surface area contributed by atoms with Gasteiger partial charge in [-0.05, 0) is 34.5 Å². The number of ether oxygens (including phenoxy) is 1. The summed E-state index contributed by atoms with van der Waals surface area (Å²) in [5, 5.41) is 0. The molecule has 1 aliphatic rings. The van der Waals surface area contributed by atoms with Crippen LogP contribution in [0.2, 0.25) is 0 Å². The van der Waals surface area contributed by atoms with Crippen molar-refractivity contribution < 1.29 is 4.74 Å². The van der Waals surface area contributed by atoms with E-state index in [0.29, 0.717) is 34.9 Å². The standard InChI is InChI=1S/C18H36O/c1-12(16(2,3)4)15-13(17(5,6)7)11-14(19-15)18(8,9)10/h12-15H,11H2,1-10H3/t12-,13?,14+,15+/m0/s1. The van der Waals surface area contributed by atoms with Crippen molar-refractivity contribution in [2.45, 2.75) is 87.9 Å². The summed E-state index contributed by atoms with van der Waals surface area (Å²) < 4.78 is 6.55. The van der Waals surface area contributed by atoms with E-state index in [1.54, 1.807) is 0 Å². The predicted molar refractivity (Wildman–Crippen MR) is 84.3 cm³/mol. The lowest BCUT2D eigenvalue weighted by Gasteiger charge is -2.39. The highest BCUT2D eigenvalue weighted by Crippen LogP contribution is 2.49. The van der Waals surface area contributed by atoms with E-state index in [2.05, 4.69) is 69.2 Å². The molecule has 0 aromatic rings. The van der Waals surface area contributed by atoms with Crippen LogP contribution in [0.5, 0.6) is 0 Å². The summed E-state index contributed by atoms with van der Waals surface area (Å²) in [5.74, 6) is 1.25. The molecular formula is C18H36O. The average molecular weight is 268 g/mol. The highest BCUT2D eigenvalue weighted by Gasteiger charge is 2.49. The van der Waals surface area contributed by atoms with Gasteiger partial charge in [-0.15, -0.1) is 0 Å². The first-order valence-electron chi connectivity index (χ1n) is 7.90. The molecule has 1 nitrogen and oxygen atoms in total. The molecule has 1 aliphatic heterocycles. The Balaban J connectivity index is 3.00. The summed E-state index contributed by atoms with van der Waals surface area (Å²) in [6.07, 6.45) is 1.99. The molecule has 0 radical (unpaired) electrons. The van der Waals surface area contributed by atoms with Crippen molar-refractivity contribution in [2.24, 2.45) is 28.1 Å². The van der Waals surface area contributed by atoms with E-state index in [-0.39, 0.29) is 5.41 Å². The van der Waals surface area contributed by atoms with Crippen molar-refractivity contribution in [3.05, 3.63) is 0 Å². The van der Waals surface area contributed by atoms with Gasteiger partial charge in [-0.1, -0.05) is 69.2 Å². The van der Waals surface area contributed by atoms with Gasteiger partial charge in [-0.3, -0.25) is 0 Å². The fraction of sp³-hybridized carbons (Fsp3) is 1.00. The highest BCUT2D eigenvalue weighted by molar-refractivity contribution is 4.97. The van der Waals surface area contributed by atoms with E-state index < -0.39 is 0 Å². The molecule has 0 saturated carbocycles. The van der Waals surface area contributed by atoms with Crippen molar-refractivity contribution in [1.82, 2.24) is 0 Å². The predicted octanol–water partition coefficient (Wildman–Crippen LogP) is 5.53. The molecule has 0 aromatic heterocycles. The SMILES string of the molecule is C[C@@H]([C@H]1O[C@@H](C(C)(C)C)CC1C(C)(C)C)C(C)(C)C. The van der Waals surface area contributed by atoms with Crippen LogP contribution in [0.3, 0.4) is 0 Å². The summed E-state index contributed by atoms with van der Waals surface area (Å²) in [6, 6.07) is 0. The van der Waals surface area contributed by atoms with Crippen molar-refractivity contribution in [2.75, 3.05) is 0 Å².